The number of carbonyl (C=O) groups excluding carboxylic acids is 1. The molecule has 0 fully saturated rings. The molecule has 0 saturated carbocycles. The Hall–Kier alpha value is -2.23. The molecule has 1 amide bonds. The smallest absolute Gasteiger partial charge is 0.247 e. The van der Waals surface area contributed by atoms with E-state index in [2.05, 4.69) is 16.9 Å². The Labute approximate surface area is 86.2 Å². The summed E-state index contributed by atoms with van der Waals surface area (Å²) in [6.45, 7) is 3.37. The maximum absolute atomic E-state index is 11.1. The number of aromatic amines is 1. The lowest BCUT2D eigenvalue weighted by Crippen LogP contribution is -2.06. The molecule has 15 heavy (non-hydrogen) atoms. The summed E-state index contributed by atoms with van der Waals surface area (Å²) >= 11 is 0. The minimum atomic E-state index is -0.278. The summed E-state index contributed by atoms with van der Waals surface area (Å²) in [5, 5.41) is 12.7. The van der Waals surface area contributed by atoms with Gasteiger partial charge < -0.3 is 15.4 Å². The van der Waals surface area contributed by atoms with Gasteiger partial charge in [-0.25, -0.2) is 0 Å². The lowest BCUT2D eigenvalue weighted by molar-refractivity contribution is -0.111. The Morgan fingerprint density at radius 2 is 2.33 bits per heavy atom. The van der Waals surface area contributed by atoms with Gasteiger partial charge in [-0.3, -0.25) is 4.79 Å². The van der Waals surface area contributed by atoms with Crippen LogP contribution in [0, 0.1) is 0 Å². The summed E-state index contributed by atoms with van der Waals surface area (Å²) in [6.07, 6.45) is 2.87. The number of aromatic hydroxyl groups is 1. The molecule has 0 radical (unpaired) electrons. The van der Waals surface area contributed by atoms with Gasteiger partial charge in [-0.05, 0) is 24.3 Å². The first-order valence-corrected chi connectivity index (χ1v) is 4.44. The van der Waals surface area contributed by atoms with Crippen molar-refractivity contribution >= 4 is 22.5 Å². The number of phenols is 1. The molecule has 0 spiro atoms. The Kier molecular flexibility index (Phi) is 2.17. The van der Waals surface area contributed by atoms with Crippen molar-refractivity contribution in [3.8, 4) is 5.75 Å². The van der Waals surface area contributed by atoms with Crippen molar-refractivity contribution in [3.63, 3.8) is 0 Å². The van der Waals surface area contributed by atoms with Gasteiger partial charge in [0.15, 0.2) is 0 Å². The number of hydrogen-bond donors (Lipinski definition) is 3. The van der Waals surface area contributed by atoms with Crippen LogP contribution >= 0.6 is 0 Å². The number of H-pyrrole nitrogens is 1. The van der Waals surface area contributed by atoms with Gasteiger partial charge in [0.2, 0.25) is 5.91 Å². The van der Waals surface area contributed by atoms with Gasteiger partial charge in [0, 0.05) is 17.1 Å². The van der Waals surface area contributed by atoms with E-state index in [1.807, 2.05) is 0 Å². The van der Waals surface area contributed by atoms with Crippen molar-refractivity contribution in [2.45, 2.75) is 0 Å². The molecular weight excluding hydrogens is 192 g/mol. The molecule has 2 aromatic rings. The van der Waals surface area contributed by atoms with Crippen LogP contribution in [0.1, 0.15) is 0 Å². The predicted octanol–water partition coefficient (Wildman–Crippen LogP) is 2.00. The lowest BCUT2D eigenvalue weighted by Gasteiger charge is -1.99. The molecule has 3 N–H and O–H groups in total. The molecule has 0 unspecified atom stereocenters. The van der Waals surface area contributed by atoms with Crippen LogP contribution in [0.15, 0.2) is 37.1 Å². The fourth-order valence-corrected chi connectivity index (χ4v) is 1.40. The first-order valence-electron chi connectivity index (χ1n) is 4.44. The molecule has 0 bridgehead atoms. The highest BCUT2D eigenvalue weighted by atomic mass is 16.3. The fourth-order valence-electron chi connectivity index (χ4n) is 1.40. The highest BCUT2D eigenvalue weighted by molar-refractivity contribution is 6.05. The van der Waals surface area contributed by atoms with E-state index in [1.54, 1.807) is 24.4 Å². The monoisotopic (exact) mass is 202 g/mol. The zero-order valence-electron chi connectivity index (χ0n) is 7.95. The number of anilines is 1. The standard InChI is InChI=1S/C11H10N2O2/c1-2-11(15)13-10-6-12-9-4-3-7(14)5-8(9)10/h2-6,12,14H,1H2,(H,13,15). The van der Waals surface area contributed by atoms with E-state index < -0.39 is 0 Å². The zero-order chi connectivity index (χ0) is 10.8. The normalized spacial score (nSPS) is 10.1. The molecule has 2 rings (SSSR count). The van der Waals surface area contributed by atoms with E-state index in [0.717, 1.165) is 10.9 Å². The molecule has 1 heterocycles. The van der Waals surface area contributed by atoms with Gasteiger partial charge in [0.1, 0.15) is 5.75 Å². The molecule has 0 atom stereocenters. The number of benzene rings is 1. The average Bonchev–Trinajstić information content (AvgIpc) is 2.61. The van der Waals surface area contributed by atoms with Gasteiger partial charge in [-0.1, -0.05) is 6.58 Å². The number of fused-ring (bicyclic) bond motifs is 1. The fraction of sp³-hybridized carbons (Fsp3) is 0. The van der Waals surface area contributed by atoms with E-state index in [1.165, 1.54) is 6.08 Å². The van der Waals surface area contributed by atoms with Gasteiger partial charge in [0.05, 0.1) is 5.69 Å². The van der Waals surface area contributed by atoms with Gasteiger partial charge in [0.25, 0.3) is 0 Å². The Bertz CT molecular complexity index is 528. The quantitative estimate of drug-likeness (QED) is 0.652. The highest BCUT2D eigenvalue weighted by Gasteiger charge is 2.05. The van der Waals surface area contributed by atoms with Crippen molar-refractivity contribution in [2.75, 3.05) is 5.32 Å². The van der Waals surface area contributed by atoms with Crippen molar-refractivity contribution in [1.29, 1.82) is 0 Å². The third-order valence-corrected chi connectivity index (χ3v) is 2.11. The average molecular weight is 202 g/mol. The van der Waals surface area contributed by atoms with Crippen LogP contribution in [0.2, 0.25) is 0 Å². The van der Waals surface area contributed by atoms with E-state index in [0.29, 0.717) is 5.69 Å². The van der Waals surface area contributed by atoms with Crippen molar-refractivity contribution < 1.29 is 9.90 Å². The molecule has 4 heteroatoms. The molecule has 1 aromatic heterocycles. The number of hydrogen-bond acceptors (Lipinski definition) is 2. The van der Waals surface area contributed by atoms with Crippen LogP contribution in [-0.2, 0) is 4.79 Å². The second-order valence-electron chi connectivity index (χ2n) is 3.13. The minimum Gasteiger partial charge on any atom is -0.508 e. The van der Waals surface area contributed by atoms with Gasteiger partial charge in [-0.15, -0.1) is 0 Å². The van der Waals surface area contributed by atoms with E-state index >= 15 is 0 Å². The number of nitrogens with one attached hydrogen (secondary N) is 2. The van der Waals surface area contributed by atoms with Crippen LogP contribution in [0.25, 0.3) is 10.9 Å². The molecule has 0 saturated heterocycles. The highest BCUT2D eigenvalue weighted by Crippen LogP contribution is 2.26. The topological polar surface area (TPSA) is 65.1 Å². The second kappa shape index (κ2) is 3.49. The number of amides is 1. The maximum atomic E-state index is 11.1. The predicted molar refractivity (Wildman–Crippen MR) is 58.8 cm³/mol. The zero-order valence-corrected chi connectivity index (χ0v) is 7.95. The molecule has 0 aliphatic carbocycles. The third-order valence-electron chi connectivity index (χ3n) is 2.11. The van der Waals surface area contributed by atoms with Crippen LogP contribution in [0.3, 0.4) is 0 Å². The van der Waals surface area contributed by atoms with Crippen molar-refractivity contribution in [1.82, 2.24) is 4.98 Å². The Balaban J connectivity index is 2.47. The Morgan fingerprint density at radius 1 is 1.53 bits per heavy atom. The van der Waals surface area contributed by atoms with Crippen LogP contribution in [0.5, 0.6) is 5.75 Å². The van der Waals surface area contributed by atoms with Crippen molar-refractivity contribution in [3.05, 3.63) is 37.1 Å². The van der Waals surface area contributed by atoms with Gasteiger partial charge >= 0.3 is 0 Å². The van der Waals surface area contributed by atoms with Crippen LogP contribution in [-0.4, -0.2) is 16.0 Å². The number of aromatic nitrogens is 1. The first-order chi connectivity index (χ1) is 7.20. The lowest BCUT2D eigenvalue weighted by atomic mass is 10.2. The number of carbonyl (C=O) groups is 1. The first kappa shape index (κ1) is 9.33. The maximum Gasteiger partial charge on any atom is 0.247 e. The summed E-state index contributed by atoms with van der Waals surface area (Å²) in [5.74, 6) is -0.115. The van der Waals surface area contributed by atoms with Gasteiger partial charge in [-0.2, -0.15) is 0 Å². The molecular formula is C11H10N2O2. The molecule has 1 aromatic carbocycles. The number of phenolic OH excluding ortho intramolecular Hbond substituents is 1. The molecule has 4 nitrogen and oxygen atoms in total. The van der Waals surface area contributed by atoms with E-state index in [-0.39, 0.29) is 11.7 Å². The molecule has 76 valence electrons. The Morgan fingerprint density at radius 3 is 3.07 bits per heavy atom. The third kappa shape index (κ3) is 1.69. The van der Waals surface area contributed by atoms with Crippen molar-refractivity contribution in [2.24, 2.45) is 0 Å². The number of rotatable bonds is 2. The summed E-state index contributed by atoms with van der Waals surface area (Å²) in [6, 6.07) is 4.91. The van der Waals surface area contributed by atoms with Crippen LogP contribution in [0.4, 0.5) is 5.69 Å². The summed E-state index contributed by atoms with van der Waals surface area (Å²) < 4.78 is 0. The summed E-state index contributed by atoms with van der Waals surface area (Å²) in [7, 11) is 0. The largest absolute Gasteiger partial charge is 0.508 e. The molecule has 0 aliphatic rings. The SMILES string of the molecule is C=CC(=O)Nc1c[nH]c2ccc(O)cc12. The minimum absolute atomic E-state index is 0.163. The van der Waals surface area contributed by atoms with E-state index in [4.69, 9.17) is 0 Å². The van der Waals surface area contributed by atoms with E-state index in [9.17, 15) is 9.90 Å². The summed E-state index contributed by atoms with van der Waals surface area (Å²) in [4.78, 5) is 14.1. The summed E-state index contributed by atoms with van der Waals surface area (Å²) in [5.41, 5.74) is 1.48. The second-order valence-corrected chi connectivity index (χ2v) is 3.13. The molecule has 0 aliphatic heterocycles. The van der Waals surface area contributed by atoms with Crippen LogP contribution < -0.4 is 5.32 Å².